The largest absolute Gasteiger partial charge is 0.439 e. The number of aromatic nitrogens is 1. The van der Waals surface area contributed by atoms with Crippen molar-refractivity contribution in [1.29, 1.82) is 0 Å². The molecular weight excluding hydrogens is 230 g/mol. The molecule has 0 saturated carbocycles. The van der Waals surface area contributed by atoms with Gasteiger partial charge in [-0.3, -0.25) is 0 Å². The molecule has 5 nitrogen and oxygen atoms in total. The molecule has 0 unspecified atom stereocenters. The van der Waals surface area contributed by atoms with Crippen molar-refractivity contribution in [2.75, 3.05) is 0 Å². The number of ether oxygens (including phenoxy) is 1. The second kappa shape index (κ2) is 5.18. The third kappa shape index (κ3) is 2.76. The zero-order chi connectivity index (χ0) is 13.0. The summed E-state index contributed by atoms with van der Waals surface area (Å²) in [4.78, 5) is 4.13. The number of hydrogen-bond donors (Lipinski definition) is 2. The molecule has 2 rings (SSSR count). The summed E-state index contributed by atoms with van der Waals surface area (Å²) in [5, 5.41) is 11.5. The molecule has 2 aromatic rings. The normalized spacial score (nSPS) is 11.3. The molecule has 0 bridgehead atoms. The van der Waals surface area contributed by atoms with Gasteiger partial charge in [0.1, 0.15) is 11.4 Å². The van der Waals surface area contributed by atoms with Crippen molar-refractivity contribution in [3.63, 3.8) is 0 Å². The monoisotopic (exact) mass is 243 g/mol. The molecule has 1 heterocycles. The molecule has 5 heteroatoms. The molecule has 1 aromatic carbocycles. The van der Waals surface area contributed by atoms with Crippen LogP contribution in [0.5, 0.6) is 11.6 Å². The third-order valence-corrected chi connectivity index (χ3v) is 2.31. The van der Waals surface area contributed by atoms with E-state index in [1.165, 1.54) is 0 Å². The molecule has 18 heavy (non-hydrogen) atoms. The van der Waals surface area contributed by atoms with Crippen LogP contribution in [0.4, 0.5) is 0 Å². The Labute approximate surface area is 105 Å². The summed E-state index contributed by atoms with van der Waals surface area (Å²) in [5.74, 6) is 1.04. The lowest BCUT2D eigenvalue weighted by atomic mass is 10.2. The Balaban J connectivity index is 2.24. The summed E-state index contributed by atoms with van der Waals surface area (Å²) >= 11 is 0. The van der Waals surface area contributed by atoms with Gasteiger partial charge >= 0.3 is 0 Å². The van der Waals surface area contributed by atoms with Crippen molar-refractivity contribution in [2.45, 2.75) is 6.92 Å². The predicted molar refractivity (Wildman–Crippen MR) is 68.0 cm³/mol. The van der Waals surface area contributed by atoms with E-state index in [1.807, 2.05) is 31.2 Å². The number of rotatable bonds is 3. The van der Waals surface area contributed by atoms with E-state index in [9.17, 15) is 0 Å². The second-order valence-electron chi connectivity index (χ2n) is 3.76. The molecule has 3 N–H and O–H groups in total. The molecule has 1 aromatic heterocycles. The minimum absolute atomic E-state index is 0.0512. The number of nitrogens with zero attached hydrogens (tertiary/aromatic N) is 2. The summed E-state index contributed by atoms with van der Waals surface area (Å²) in [7, 11) is 0. The number of aryl methyl sites for hydroxylation is 1. The molecule has 0 aliphatic rings. The summed E-state index contributed by atoms with van der Waals surface area (Å²) < 4.78 is 5.59. The fraction of sp³-hybridized carbons (Fsp3) is 0.0769. The first-order chi connectivity index (χ1) is 8.69. The van der Waals surface area contributed by atoms with Gasteiger partial charge < -0.3 is 15.7 Å². The quantitative estimate of drug-likeness (QED) is 0.375. The maximum absolute atomic E-state index is 8.59. The fourth-order valence-corrected chi connectivity index (χ4v) is 1.47. The molecule has 0 radical (unpaired) electrons. The first kappa shape index (κ1) is 11.9. The number of pyridine rings is 1. The third-order valence-electron chi connectivity index (χ3n) is 2.31. The lowest BCUT2D eigenvalue weighted by Gasteiger charge is -2.06. The minimum atomic E-state index is -0.0512. The Morgan fingerprint density at radius 2 is 2.06 bits per heavy atom. The van der Waals surface area contributed by atoms with Gasteiger partial charge in [0.2, 0.25) is 5.88 Å². The van der Waals surface area contributed by atoms with E-state index in [1.54, 1.807) is 18.2 Å². The molecule has 0 aliphatic carbocycles. The van der Waals surface area contributed by atoms with E-state index in [2.05, 4.69) is 10.1 Å². The second-order valence-corrected chi connectivity index (χ2v) is 3.76. The van der Waals surface area contributed by atoms with E-state index in [-0.39, 0.29) is 5.84 Å². The van der Waals surface area contributed by atoms with Gasteiger partial charge in [0, 0.05) is 6.07 Å². The molecule has 0 aliphatic heterocycles. The first-order valence-electron chi connectivity index (χ1n) is 5.38. The molecule has 92 valence electrons. The van der Waals surface area contributed by atoms with Gasteiger partial charge in [-0.1, -0.05) is 23.4 Å². The predicted octanol–water partition coefficient (Wildman–Crippen LogP) is 2.28. The molecule has 0 spiro atoms. The summed E-state index contributed by atoms with van der Waals surface area (Å²) in [6, 6.07) is 12.7. The average molecular weight is 243 g/mol. The van der Waals surface area contributed by atoms with E-state index in [0.29, 0.717) is 17.3 Å². The van der Waals surface area contributed by atoms with Crippen LogP contribution in [0.2, 0.25) is 0 Å². The highest BCUT2D eigenvalue weighted by Crippen LogP contribution is 2.20. The minimum Gasteiger partial charge on any atom is -0.439 e. The van der Waals surface area contributed by atoms with Crippen molar-refractivity contribution in [2.24, 2.45) is 10.9 Å². The van der Waals surface area contributed by atoms with Crippen molar-refractivity contribution in [3.05, 3.63) is 53.7 Å². The molecule has 0 amide bonds. The van der Waals surface area contributed by atoms with Crippen LogP contribution in [0.25, 0.3) is 0 Å². The highest BCUT2D eigenvalue weighted by Gasteiger charge is 2.04. The summed E-state index contributed by atoms with van der Waals surface area (Å²) in [5.41, 5.74) is 6.92. The molecule has 0 fully saturated rings. The van der Waals surface area contributed by atoms with Crippen LogP contribution in [0, 0.1) is 6.92 Å². The molecular formula is C13H13N3O2. The Morgan fingerprint density at radius 1 is 1.28 bits per heavy atom. The van der Waals surface area contributed by atoms with Gasteiger partial charge in [0.25, 0.3) is 0 Å². The van der Waals surface area contributed by atoms with Crippen molar-refractivity contribution < 1.29 is 9.94 Å². The summed E-state index contributed by atoms with van der Waals surface area (Å²) in [6.07, 6.45) is 0. The van der Waals surface area contributed by atoms with Crippen LogP contribution in [0.3, 0.4) is 0 Å². The standard InChI is InChI=1S/C13H13N3O2/c1-9-4-2-5-10(8-9)18-12-7-3-6-11(15-12)13(14)16-17/h2-8,17H,1H3,(H2,14,16). The van der Waals surface area contributed by atoms with Crippen LogP contribution in [-0.2, 0) is 0 Å². The Kier molecular flexibility index (Phi) is 3.43. The summed E-state index contributed by atoms with van der Waals surface area (Å²) in [6.45, 7) is 1.98. The fourth-order valence-electron chi connectivity index (χ4n) is 1.47. The number of amidine groups is 1. The van der Waals surface area contributed by atoms with Crippen LogP contribution in [0.1, 0.15) is 11.3 Å². The van der Waals surface area contributed by atoms with Crippen molar-refractivity contribution in [1.82, 2.24) is 4.98 Å². The Hall–Kier alpha value is -2.56. The van der Waals surface area contributed by atoms with E-state index < -0.39 is 0 Å². The number of oxime groups is 1. The number of benzene rings is 1. The van der Waals surface area contributed by atoms with E-state index in [0.717, 1.165) is 5.56 Å². The maximum atomic E-state index is 8.59. The first-order valence-corrected chi connectivity index (χ1v) is 5.38. The Morgan fingerprint density at radius 3 is 2.78 bits per heavy atom. The van der Waals surface area contributed by atoms with Gasteiger partial charge in [-0.2, -0.15) is 0 Å². The highest BCUT2D eigenvalue weighted by atomic mass is 16.5. The average Bonchev–Trinajstić information content (AvgIpc) is 2.38. The van der Waals surface area contributed by atoms with Gasteiger partial charge in [-0.15, -0.1) is 0 Å². The van der Waals surface area contributed by atoms with Gasteiger partial charge in [0.15, 0.2) is 5.84 Å². The lowest BCUT2D eigenvalue weighted by Crippen LogP contribution is -2.14. The zero-order valence-electron chi connectivity index (χ0n) is 9.87. The smallest absolute Gasteiger partial charge is 0.219 e. The van der Waals surface area contributed by atoms with Crippen molar-refractivity contribution >= 4 is 5.84 Å². The Bertz CT molecular complexity index is 582. The van der Waals surface area contributed by atoms with Crippen LogP contribution < -0.4 is 10.5 Å². The van der Waals surface area contributed by atoms with Gasteiger partial charge in [-0.25, -0.2) is 4.98 Å². The van der Waals surface area contributed by atoms with E-state index >= 15 is 0 Å². The lowest BCUT2D eigenvalue weighted by molar-refractivity contribution is 0.318. The van der Waals surface area contributed by atoms with E-state index in [4.69, 9.17) is 15.7 Å². The highest BCUT2D eigenvalue weighted by molar-refractivity contribution is 5.95. The number of hydrogen-bond acceptors (Lipinski definition) is 4. The van der Waals surface area contributed by atoms with Crippen LogP contribution in [0.15, 0.2) is 47.6 Å². The maximum Gasteiger partial charge on any atom is 0.219 e. The molecule has 0 saturated heterocycles. The topological polar surface area (TPSA) is 80.7 Å². The van der Waals surface area contributed by atoms with Crippen molar-refractivity contribution in [3.8, 4) is 11.6 Å². The van der Waals surface area contributed by atoms with Gasteiger partial charge in [0.05, 0.1) is 0 Å². The SMILES string of the molecule is Cc1cccc(Oc2cccc(C(N)=NO)n2)c1. The van der Waals surface area contributed by atoms with Gasteiger partial charge in [-0.05, 0) is 30.7 Å². The van der Waals surface area contributed by atoms with Crippen LogP contribution in [-0.4, -0.2) is 16.0 Å². The molecule has 0 atom stereocenters. The number of nitrogens with two attached hydrogens (primary N) is 1. The zero-order valence-corrected chi connectivity index (χ0v) is 9.87. The van der Waals surface area contributed by atoms with Crippen LogP contribution >= 0.6 is 0 Å².